The molecule has 0 amide bonds. The predicted octanol–water partition coefficient (Wildman–Crippen LogP) is 4.57. The van der Waals surface area contributed by atoms with Crippen LogP contribution in [0, 0.1) is 5.92 Å². The zero-order chi connectivity index (χ0) is 13.2. The van der Waals surface area contributed by atoms with E-state index in [0.29, 0.717) is 6.42 Å². The highest BCUT2D eigenvalue weighted by Crippen LogP contribution is 2.55. The monoisotopic (exact) mass is 317 g/mol. The van der Waals surface area contributed by atoms with Crippen LogP contribution in [0.2, 0.25) is 0 Å². The van der Waals surface area contributed by atoms with Gasteiger partial charge in [-0.3, -0.25) is 4.79 Å². The lowest BCUT2D eigenvalue weighted by Gasteiger charge is -2.49. The molecule has 3 heteroatoms. The molecule has 2 aliphatic rings. The largest absolute Gasteiger partial charge is 0.352 e. The van der Waals surface area contributed by atoms with Gasteiger partial charge in [0.15, 0.2) is 5.78 Å². The van der Waals surface area contributed by atoms with E-state index in [1.54, 1.807) is 0 Å². The predicted molar refractivity (Wildman–Crippen MR) is 79.6 cm³/mol. The molecular formula is C16H16BrNO. The molecule has 1 N–H and O–H groups in total. The number of aromatic nitrogens is 1. The molecule has 1 heterocycles. The van der Waals surface area contributed by atoms with E-state index in [2.05, 4.69) is 40.0 Å². The number of hydrogen-bond donors (Lipinski definition) is 1. The Morgan fingerprint density at radius 1 is 1.37 bits per heavy atom. The first-order chi connectivity index (χ1) is 9.09. The maximum atomic E-state index is 12.2. The van der Waals surface area contributed by atoms with Gasteiger partial charge in [0.2, 0.25) is 0 Å². The molecule has 1 saturated carbocycles. The zero-order valence-corrected chi connectivity index (χ0v) is 12.5. The van der Waals surface area contributed by atoms with Crippen LogP contribution in [0.25, 0.3) is 10.9 Å². The Morgan fingerprint density at radius 2 is 2.16 bits per heavy atom. The fourth-order valence-electron chi connectivity index (χ4n) is 4.21. The third-order valence-corrected chi connectivity index (χ3v) is 5.37. The van der Waals surface area contributed by atoms with Crippen molar-refractivity contribution in [1.82, 2.24) is 4.98 Å². The Labute approximate surface area is 120 Å². The fraction of sp³-hybridized carbons (Fsp3) is 0.438. The first-order valence-corrected chi connectivity index (χ1v) is 7.73. The molecule has 1 fully saturated rings. The maximum Gasteiger partial charge on any atom is 0.179 e. The van der Waals surface area contributed by atoms with Crippen molar-refractivity contribution in [3.05, 3.63) is 33.9 Å². The minimum Gasteiger partial charge on any atom is -0.352 e. The molecule has 0 aliphatic heterocycles. The molecule has 2 aromatic rings. The molecule has 1 aromatic carbocycles. The van der Waals surface area contributed by atoms with Crippen molar-refractivity contribution in [3.8, 4) is 0 Å². The lowest BCUT2D eigenvalue weighted by molar-refractivity contribution is 0.0859. The second-order valence-corrected chi connectivity index (χ2v) is 7.20. The number of carbonyl (C=O) groups excluding carboxylic acids is 1. The zero-order valence-electron chi connectivity index (χ0n) is 10.9. The van der Waals surface area contributed by atoms with Crippen LogP contribution in [-0.4, -0.2) is 10.8 Å². The summed E-state index contributed by atoms with van der Waals surface area (Å²) < 4.78 is 1.09. The minimum atomic E-state index is 0.266. The average molecular weight is 318 g/mol. The van der Waals surface area contributed by atoms with Gasteiger partial charge in [0, 0.05) is 21.8 Å². The van der Waals surface area contributed by atoms with E-state index in [4.69, 9.17) is 0 Å². The number of halogens is 1. The first kappa shape index (κ1) is 11.7. The highest BCUT2D eigenvalue weighted by Gasteiger charge is 2.49. The fourth-order valence-corrected chi connectivity index (χ4v) is 4.57. The van der Waals surface area contributed by atoms with Gasteiger partial charge < -0.3 is 4.98 Å². The van der Waals surface area contributed by atoms with E-state index in [9.17, 15) is 4.79 Å². The summed E-state index contributed by atoms with van der Waals surface area (Å²) in [7, 11) is 0. The first-order valence-electron chi connectivity index (χ1n) is 6.94. The third-order valence-electron chi connectivity index (χ3n) is 4.88. The number of H-pyrrole nitrogens is 1. The van der Waals surface area contributed by atoms with Crippen LogP contribution in [0.3, 0.4) is 0 Å². The van der Waals surface area contributed by atoms with E-state index in [-0.39, 0.29) is 11.2 Å². The lowest BCUT2D eigenvalue weighted by atomic mass is 9.54. The summed E-state index contributed by atoms with van der Waals surface area (Å²) in [6.45, 7) is 2.31. The normalized spacial score (nSPS) is 29.6. The summed E-state index contributed by atoms with van der Waals surface area (Å²) in [6, 6.07) is 6.26. The average Bonchev–Trinajstić information content (AvgIpc) is 2.71. The van der Waals surface area contributed by atoms with Crippen LogP contribution in [0.1, 0.15) is 48.7 Å². The standard InChI is InChI=1S/C16H16BrNO/c1-9-7-16(8-9)5-4-13(19)15-14(16)11-6-10(17)2-3-12(11)18-15/h2-3,6,9,18H,4-5,7-8H2,1H3. The van der Waals surface area contributed by atoms with Gasteiger partial charge >= 0.3 is 0 Å². The van der Waals surface area contributed by atoms with Crippen molar-refractivity contribution in [2.75, 3.05) is 0 Å². The van der Waals surface area contributed by atoms with Crippen molar-refractivity contribution in [2.24, 2.45) is 5.92 Å². The van der Waals surface area contributed by atoms with E-state index < -0.39 is 0 Å². The molecule has 2 nitrogen and oxygen atoms in total. The Kier molecular flexibility index (Phi) is 2.29. The molecule has 4 rings (SSSR count). The second-order valence-electron chi connectivity index (χ2n) is 6.28. The van der Waals surface area contributed by atoms with Gasteiger partial charge in [-0.1, -0.05) is 22.9 Å². The van der Waals surface area contributed by atoms with E-state index in [1.165, 1.54) is 23.8 Å². The van der Waals surface area contributed by atoms with Crippen LogP contribution in [0.4, 0.5) is 0 Å². The second kappa shape index (κ2) is 3.72. The number of Topliss-reactive ketones (excluding diaryl/α,β-unsaturated/α-hetero) is 1. The van der Waals surface area contributed by atoms with Crippen LogP contribution in [0.15, 0.2) is 22.7 Å². The van der Waals surface area contributed by atoms with Crippen molar-refractivity contribution in [1.29, 1.82) is 0 Å². The Morgan fingerprint density at radius 3 is 2.89 bits per heavy atom. The van der Waals surface area contributed by atoms with E-state index >= 15 is 0 Å². The van der Waals surface area contributed by atoms with Gasteiger partial charge in [-0.2, -0.15) is 0 Å². The quantitative estimate of drug-likeness (QED) is 0.758. The Bertz CT molecular complexity index is 694. The number of nitrogens with one attached hydrogen (secondary N) is 1. The van der Waals surface area contributed by atoms with Gasteiger partial charge in [-0.15, -0.1) is 0 Å². The number of aromatic amines is 1. The van der Waals surface area contributed by atoms with Crippen LogP contribution in [-0.2, 0) is 5.41 Å². The van der Waals surface area contributed by atoms with Crippen molar-refractivity contribution < 1.29 is 4.79 Å². The lowest BCUT2D eigenvalue weighted by Crippen LogP contribution is -2.43. The third kappa shape index (κ3) is 1.51. The molecule has 98 valence electrons. The van der Waals surface area contributed by atoms with Gasteiger partial charge in [0.25, 0.3) is 0 Å². The summed E-state index contributed by atoms with van der Waals surface area (Å²) in [5.74, 6) is 1.07. The summed E-state index contributed by atoms with van der Waals surface area (Å²) in [6.07, 6.45) is 4.19. The molecule has 1 aromatic heterocycles. The number of fused-ring (bicyclic) bond motifs is 4. The smallest absolute Gasteiger partial charge is 0.179 e. The number of benzene rings is 1. The number of ketones is 1. The van der Waals surface area contributed by atoms with E-state index in [0.717, 1.165) is 28.0 Å². The molecule has 0 saturated heterocycles. The maximum absolute atomic E-state index is 12.2. The highest BCUT2D eigenvalue weighted by atomic mass is 79.9. The van der Waals surface area contributed by atoms with Gasteiger partial charge in [0.05, 0.1) is 5.69 Å². The topological polar surface area (TPSA) is 32.9 Å². The number of hydrogen-bond acceptors (Lipinski definition) is 1. The molecule has 2 aliphatic carbocycles. The Balaban J connectivity index is 2.02. The van der Waals surface area contributed by atoms with E-state index in [1.807, 2.05) is 6.07 Å². The Hall–Kier alpha value is -1.09. The highest BCUT2D eigenvalue weighted by molar-refractivity contribution is 9.10. The SMILES string of the molecule is CC1CC2(CCC(=O)c3[nH]c4ccc(Br)cc4c32)C1. The minimum absolute atomic E-state index is 0.266. The van der Waals surface area contributed by atoms with Gasteiger partial charge in [0.1, 0.15) is 0 Å². The van der Waals surface area contributed by atoms with Crippen molar-refractivity contribution >= 4 is 32.6 Å². The molecule has 1 spiro atoms. The van der Waals surface area contributed by atoms with Gasteiger partial charge in [-0.05, 0) is 54.4 Å². The molecule has 0 radical (unpaired) electrons. The summed E-state index contributed by atoms with van der Waals surface area (Å²) in [4.78, 5) is 15.6. The molecule has 0 unspecified atom stereocenters. The van der Waals surface area contributed by atoms with Crippen LogP contribution in [0.5, 0.6) is 0 Å². The summed E-state index contributed by atoms with van der Waals surface area (Å²) >= 11 is 3.55. The molecule has 19 heavy (non-hydrogen) atoms. The number of carbonyl (C=O) groups is 1. The van der Waals surface area contributed by atoms with Crippen LogP contribution >= 0.6 is 15.9 Å². The van der Waals surface area contributed by atoms with Crippen molar-refractivity contribution in [3.63, 3.8) is 0 Å². The molecular weight excluding hydrogens is 302 g/mol. The van der Waals surface area contributed by atoms with Gasteiger partial charge in [-0.25, -0.2) is 0 Å². The van der Waals surface area contributed by atoms with Crippen LogP contribution < -0.4 is 0 Å². The summed E-state index contributed by atoms with van der Waals surface area (Å²) in [5, 5.41) is 1.24. The van der Waals surface area contributed by atoms with Crippen molar-refractivity contribution in [2.45, 2.75) is 38.0 Å². The summed E-state index contributed by atoms with van der Waals surface area (Å²) in [5.41, 5.74) is 3.55. The number of rotatable bonds is 0. The molecule has 0 atom stereocenters. The molecule has 0 bridgehead atoms.